The van der Waals surface area contributed by atoms with Gasteiger partial charge in [-0.3, -0.25) is 4.79 Å². The zero-order valence-corrected chi connectivity index (χ0v) is 9.60. The smallest absolute Gasteiger partial charge is 0.345 e. The molecule has 0 bridgehead atoms. The van der Waals surface area contributed by atoms with Crippen LogP contribution in [0.15, 0.2) is 24.3 Å². The van der Waals surface area contributed by atoms with Crippen LogP contribution in [0.3, 0.4) is 0 Å². The van der Waals surface area contributed by atoms with Crippen LogP contribution >= 0.6 is 0 Å². The number of cyclic esters (lactones) is 1. The number of rotatable bonds is 2. The van der Waals surface area contributed by atoms with Crippen molar-refractivity contribution in [3.05, 3.63) is 35.4 Å². The maximum absolute atomic E-state index is 11.9. The van der Waals surface area contributed by atoms with Gasteiger partial charge in [-0.05, 0) is 17.7 Å². The summed E-state index contributed by atoms with van der Waals surface area (Å²) in [6.45, 7) is 3.34. The van der Waals surface area contributed by atoms with Crippen molar-refractivity contribution in [3.63, 3.8) is 0 Å². The number of fused-ring (bicyclic) bond motifs is 1. The zero-order valence-electron chi connectivity index (χ0n) is 9.60. The second-order valence-corrected chi connectivity index (χ2v) is 4.11. The second kappa shape index (κ2) is 4.05. The lowest BCUT2D eigenvalue weighted by Crippen LogP contribution is -2.39. The molecular formula is C13H12O4. The predicted octanol–water partition coefficient (Wildman–Crippen LogP) is 2.18. The molecule has 1 aromatic rings. The topological polar surface area (TPSA) is 52.6 Å². The minimum Gasteiger partial charge on any atom is -0.452 e. The van der Waals surface area contributed by atoms with Crippen LogP contribution in [0, 0.1) is 0 Å². The number of benzene rings is 1. The fourth-order valence-corrected chi connectivity index (χ4v) is 1.69. The number of carbonyl (C=O) groups excluding carboxylic acids is 2. The van der Waals surface area contributed by atoms with Crippen LogP contribution in [0.25, 0.3) is 6.08 Å². The lowest BCUT2D eigenvalue weighted by molar-refractivity contribution is -0.127. The standard InChI is InChI=1S/C13H12O4/c1-13(2)16-10-7-3-5-9(6-4-8-14)11(10)12(15)17-13/h3-8H,1-2H3/b6-4+. The van der Waals surface area contributed by atoms with Crippen LogP contribution in [0.4, 0.5) is 0 Å². The molecule has 0 N–H and O–H groups in total. The molecule has 0 radical (unpaired) electrons. The summed E-state index contributed by atoms with van der Waals surface area (Å²) in [5, 5.41) is 0. The van der Waals surface area contributed by atoms with Crippen molar-refractivity contribution in [1.29, 1.82) is 0 Å². The van der Waals surface area contributed by atoms with Gasteiger partial charge in [0, 0.05) is 13.8 Å². The first-order valence-electron chi connectivity index (χ1n) is 5.21. The number of aldehydes is 1. The van der Waals surface area contributed by atoms with Crippen molar-refractivity contribution in [2.75, 3.05) is 0 Å². The molecule has 2 rings (SSSR count). The minimum absolute atomic E-state index is 0.352. The summed E-state index contributed by atoms with van der Waals surface area (Å²) in [5.41, 5.74) is 0.958. The van der Waals surface area contributed by atoms with Gasteiger partial charge in [-0.2, -0.15) is 0 Å². The van der Waals surface area contributed by atoms with Gasteiger partial charge >= 0.3 is 5.97 Å². The van der Waals surface area contributed by atoms with E-state index in [4.69, 9.17) is 9.47 Å². The Morgan fingerprint density at radius 2 is 2.00 bits per heavy atom. The molecular weight excluding hydrogens is 220 g/mol. The van der Waals surface area contributed by atoms with E-state index in [-0.39, 0.29) is 0 Å². The maximum atomic E-state index is 11.9. The zero-order chi connectivity index (χ0) is 12.5. The molecule has 0 unspecified atom stereocenters. The van der Waals surface area contributed by atoms with Gasteiger partial charge in [0.1, 0.15) is 17.6 Å². The van der Waals surface area contributed by atoms with Crippen molar-refractivity contribution >= 4 is 18.3 Å². The molecule has 0 aliphatic carbocycles. The average Bonchev–Trinajstić information content (AvgIpc) is 2.23. The highest BCUT2D eigenvalue weighted by atomic mass is 16.7. The Bertz CT molecular complexity index is 500. The predicted molar refractivity (Wildman–Crippen MR) is 61.7 cm³/mol. The molecule has 1 heterocycles. The third-order valence-corrected chi connectivity index (χ3v) is 2.31. The quantitative estimate of drug-likeness (QED) is 0.445. The summed E-state index contributed by atoms with van der Waals surface area (Å²) in [7, 11) is 0. The molecule has 88 valence electrons. The Morgan fingerprint density at radius 1 is 1.24 bits per heavy atom. The summed E-state index contributed by atoms with van der Waals surface area (Å²) in [6.07, 6.45) is 3.52. The highest BCUT2D eigenvalue weighted by Gasteiger charge is 2.34. The van der Waals surface area contributed by atoms with Gasteiger partial charge in [-0.1, -0.05) is 18.2 Å². The van der Waals surface area contributed by atoms with Crippen LogP contribution in [-0.2, 0) is 9.53 Å². The monoisotopic (exact) mass is 232 g/mol. The van der Waals surface area contributed by atoms with Gasteiger partial charge in [0.15, 0.2) is 0 Å². The Balaban J connectivity index is 2.52. The SMILES string of the molecule is CC1(C)OC(=O)c2c(/C=C/C=O)cccc2O1. The number of allylic oxidation sites excluding steroid dienone is 1. The van der Waals surface area contributed by atoms with Gasteiger partial charge < -0.3 is 9.47 Å². The van der Waals surface area contributed by atoms with Crippen LogP contribution in [0.1, 0.15) is 29.8 Å². The summed E-state index contributed by atoms with van der Waals surface area (Å²) < 4.78 is 10.7. The van der Waals surface area contributed by atoms with Gasteiger partial charge in [-0.15, -0.1) is 0 Å². The molecule has 0 atom stereocenters. The van der Waals surface area contributed by atoms with E-state index in [1.807, 2.05) is 0 Å². The fraction of sp³-hybridized carbons (Fsp3) is 0.231. The number of esters is 1. The number of hydrogen-bond donors (Lipinski definition) is 0. The molecule has 0 fully saturated rings. The Labute approximate surface area is 98.8 Å². The van der Waals surface area contributed by atoms with Gasteiger partial charge in [0.05, 0.1) is 0 Å². The number of carbonyl (C=O) groups is 2. The van der Waals surface area contributed by atoms with Crippen molar-refractivity contribution in [2.45, 2.75) is 19.6 Å². The molecule has 1 aliphatic rings. The highest BCUT2D eigenvalue weighted by molar-refractivity contribution is 5.98. The van der Waals surface area contributed by atoms with E-state index in [1.165, 1.54) is 6.08 Å². The van der Waals surface area contributed by atoms with Crippen molar-refractivity contribution < 1.29 is 19.1 Å². The Hall–Kier alpha value is -2.10. The molecule has 0 spiro atoms. The number of hydrogen-bond acceptors (Lipinski definition) is 4. The summed E-state index contributed by atoms with van der Waals surface area (Å²) in [4.78, 5) is 22.2. The Morgan fingerprint density at radius 3 is 2.71 bits per heavy atom. The maximum Gasteiger partial charge on any atom is 0.345 e. The van der Waals surface area contributed by atoms with E-state index in [0.29, 0.717) is 23.2 Å². The molecule has 17 heavy (non-hydrogen) atoms. The van der Waals surface area contributed by atoms with Crippen LogP contribution < -0.4 is 4.74 Å². The molecule has 1 aliphatic heterocycles. The van der Waals surface area contributed by atoms with Crippen molar-refractivity contribution in [1.82, 2.24) is 0 Å². The van der Waals surface area contributed by atoms with Gasteiger partial charge in [0.25, 0.3) is 0 Å². The fourth-order valence-electron chi connectivity index (χ4n) is 1.69. The Kier molecular flexibility index (Phi) is 2.71. The first kappa shape index (κ1) is 11.4. The van der Waals surface area contributed by atoms with Crippen LogP contribution in [0.2, 0.25) is 0 Å². The lowest BCUT2D eigenvalue weighted by Gasteiger charge is -2.32. The molecule has 0 saturated carbocycles. The normalized spacial score (nSPS) is 17.2. The number of ether oxygens (including phenoxy) is 2. The van der Waals surface area contributed by atoms with E-state index in [1.54, 1.807) is 38.1 Å². The minimum atomic E-state index is -0.961. The molecule has 4 nitrogen and oxygen atoms in total. The molecule has 0 aromatic heterocycles. The van der Waals surface area contributed by atoms with E-state index in [9.17, 15) is 9.59 Å². The molecule has 1 aromatic carbocycles. The van der Waals surface area contributed by atoms with E-state index >= 15 is 0 Å². The lowest BCUT2D eigenvalue weighted by atomic mass is 10.0. The third-order valence-electron chi connectivity index (χ3n) is 2.31. The third kappa shape index (κ3) is 2.20. The van der Waals surface area contributed by atoms with Crippen molar-refractivity contribution in [3.8, 4) is 5.75 Å². The van der Waals surface area contributed by atoms with Crippen LogP contribution in [-0.4, -0.2) is 18.0 Å². The average molecular weight is 232 g/mol. The summed E-state index contributed by atoms with van der Waals surface area (Å²) >= 11 is 0. The molecule has 4 heteroatoms. The summed E-state index contributed by atoms with van der Waals surface area (Å²) in [6, 6.07) is 5.19. The second-order valence-electron chi connectivity index (χ2n) is 4.11. The molecule has 0 saturated heterocycles. The summed E-state index contributed by atoms with van der Waals surface area (Å²) in [5.74, 6) is -0.932. The first-order chi connectivity index (χ1) is 8.03. The highest BCUT2D eigenvalue weighted by Crippen LogP contribution is 2.33. The van der Waals surface area contributed by atoms with Gasteiger partial charge in [0.2, 0.25) is 5.79 Å². The largest absolute Gasteiger partial charge is 0.452 e. The van der Waals surface area contributed by atoms with E-state index in [0.717, 1.165) is 0 Å². The van der Waals surface area contributed by atoms with Crippen LogP contribution in [0.5, 0.6) is 5.75 Å². The van der Waals surface area contributed by atoms with Gasteiger partial charge in [-0.25, -0.2) is 4.79 Å². The van der Waals surface area contributed by atoms with E-state index < -0.39 is 11.8 Å². The van der Waals surface area contributed by atoms with E-state index in [2.05, 4.69) is 0 Å². The van der Waals surface area contributed by atoms with Crippen molar-refractivity contribution in [2.24, 2.45) is 0 Å². The first-order valence-corrected chi connectivity index (χ1v) is 5.21. The molecule has 0 amide bonds.